The van der Waals surface area contributed by atoms with Crippen molar-refractivity contribution in [2.75, 3.05) is 0 Å². The zero-order valence-electron chi connectivity index (χ0n) is 26.1. The van der Waals surface area contributed by atoms with Gasteiger partial charge in [-0.05, 0) is 70.2 Å². The van der Waals surface area contributed by atoms with Gasteiger partial charge in [0.2, 0.25) is 0 Å². The Morgan fingerprint density at radius 3 is 1.76 bits per heavy atom. The van der Waals surface area contributed by atoms with Crippen molar-refractivity contribution in [1.29, 1.82) is 0 Å². The van der Waals surface area contributed by atoms with Crippen LogP contribution in [0.25, 0.3) is 65.5 Å². The molecule has 0 saturated carbocycles. The first-order valence-electron chi connectivity index (χ1n) is 15.7. The monoisotopic (exact) mass is 601 g/mol. The highest BCUT2D eigenvalue weighted by Crippen LogP contribution is 2.47. The Morgan fingerprint density at radius 2 is 1.00 bits per heavy atom. The SMILES string of the molecule is CC1(C)CCC(C)(C)c2cc(-c3nc(-c4cccc(-c5ccccc5)c4)nc(-c4ccc5c(c4)sc4ccccc45)n3)ccc21. The lowest BCUT2D eigenvalue weighted by molar-refractivity contribution is 0.332. The van der Waals surface area contributed by atoms with Gasteiger partial charge < -0.3 is 0 Å². The van der Waals surface area contributed by atoms with Crippen LogP contribution in [0.3, 0.4) is 0 Å². The van der Waals surface area contributed by atoms with Gasteiger partial charge in [-0.25, -0.2) is 15.0 Å². The number of hydrogen-bond donors (Lipinski definition) is 0. The van der Waals surface area contributed by atoms with Crippen LogP contribution in [0.5, 0.6) is 0 Å². The Bertz CT molecular complexity index is 2230. The van der Waals surface area contributed by atoms with Crippen molar-refractivity contribution < 1.29 is 0 Å². The summed E-state index contributed by atoms with van der Waals surface area (Å²) in [4.78, 5) is 15.4. The normalized spacial score (nSPS) is 15.3. The molecule has 0 unspecified atom stereocenters. The third-order valence-electron chi connectivity index (χ3n) is 9.61. The molecule has 0 saturated heterocycles. The molecule has 220 valence electrons. The van der Waals surface area contributed by atoms with Gasteiger partial charge in [0, 0.05) is 36.9 Å². The van der Waals surface area contributed by atoms with Crippen molar-refractivity contribution in [2.45, 2.75) is 51.4 Å². The fourth-order valence-electron chi connectivity index (χ4n) is 6.82. The van der Waals surface area contributed by atoms with Gasteiger partial charge in [0.05, 0.1) is 0 Å². The van der Waals surface area contributed by atoms with Crippen LogP contribution in [-0.4, -0.2) is 15.0 Å². The highest BCUT2D eigenvalue weighted by molar-refractivity contribution is 7.25. The average molecular weight is 602 g/mol. The molecule has 7 aromatic rings. The van der Waals surface area contributed by atoms with Crippen LogP contribution < -0.4 is 0 Å². The molecule has 0 fully saturated rings. The molecule has 1 aliphatic rings. The molecule has 0 atom stereocenters. The molecule has 8 rings (SSSR count). The van der Waals surface area contributed by atoms with Gasteiger partial charge >= 0.3 is 0 Å². The van der Waals surface area contributed by atoms with Gasteiger partial charge in [-0.15, -0.1) is 11.3 Å². The zero-order valence-corrected chi connectivity index (χ0v) is 27.0. The van der Waals surface area contributed by atoms with Crippen molar-refractivity contribution in [3.05, 3.63) is 126 Å². The Morgan fingerprint density at radius 1 is 0.444 bits per heavy atom. The van der Waals surface area contributed by atoms with E-state index in [0.717, 1.165) is 28.7 Å². The van der Waals surface area contributed by atoms with Crippen molar-refractivity contribution in [2.24, 2.45) is 0 Å². The summed E-state index contributed by atoms with van der Waals surface area (Å²) in [6.45, 7) is 9.46. The lowest BCUT2D eigenvalue weighted by Crippen LogP contribution is -2.33. The second-order valence-corrected chi connectivity index (χ2v) is 14.7. The second-order valence-electron chi connectivity index (χ2n) is 13.6. The number of nitrogens with zero attached hydrogens (tertiary/aromatic N) is 3. The molecule has 5 aromatic carbocycles. The van der Waals surface area contributed by atoms with Crippen molar-refractivity contribution in [3.63, 3.8) is 0 Å². The Kier molecular flexibility index (Phi) is 6.47. The number of fused-ring (bicyclic) bond motifs is 4. The van der Waals surface area contributed by atoms with Crippen LogP contribution in [0.4, 0.5) is 0 Å². The predicted octanol–water partition coefficient (Wildman–Crippen LogP) is 11.3. The van der Waals surface area contributed by atoms with E-state index in [1.54, 1.807) is 0 Å². The third kappa shape index (κ3) is 4.94. The lowest BCUT2D eigenvalue weighted by atomic mass is 9.63. The molecule has 0 spiro atoms. The molecule has 4 heteroatoms. The molecule has 0 amide bonds. The number of aromatic nitrogens is 3. The molecule has 3 nitrogen and oxygen atoms in total. The van der Waals surface area contributed by atoms with E-state index in [9.17, 15) is 0 Å². The van der Waals surface area contributed by atoms with E-state index in [-0.39, 0.29) is 10.8 Å². The summed E-state index contributed by atoms with van der Waals surface area (Å²) >= 11 is 1.82. The fourth-order valence-corrected chi connectivity index (χ4v) is 7.97. The summed E-state index contributed by atoms with van der Waals surface area (Å²) in [5, 5.41) is 2.56. The van der Waals surface area contributed by atoms with Crippen molar-refractivity contribution >= 4 is 31.5 Å². The van der Waals surface area contributed by atoms with E-state index < -0.39 is 0 Å². The summed E-state index contributed by atoms with van der Waals surface area (Å²) in [5.41, 5.74) is 8.39. The second kappa shape index (κ2) is 10.5. The van der Waals surface area contributed by atoms with Gasteiger partial charge in [-0.3, -0.25) is 0 Å². The van der Waals surface area contributed by atoms with Gasteiger partial charge in [0.25, 0.3) is 0 Å². The van der Waals surface area contributed by atoms with Crippen LogP contribution >= 0.6 is 11.3 Å². The van der Waals surface area contributed by atoms with Crippen LogP contribution in [0.2, 0.25) is 0 Å². The summed E-state index contributed by atoms with van der Waals surface area (Å²) in [6.07, 6.45) is 2.34. The predicted molar refractivity (Wildman–Crippen MR) is 190 cm³/mol. The van der Waals surface area contributed by atoms with E-state index in [0.29, 0.717) is 17.5 Å². The van der Waals surface area contributed by atoms with Crippen LogP contribution in [0.15, 0.2) is 115 Å². The largest absolute Gasteiger partial charge is 0.208 e. The lowest BCUT2D eigenvalue weighted by Gasteiger charge is -2.42. The first-order valence-corrected chi connectivity index (χ1v) is 16.6. The summed E-state index contributed by atoms with van der Waals surface area (Å²) in [6, 6.07) is 41.1. The smallest absolute Gasteiger partial charge is 0.164 e. The maximum absolute atomic E-state index is 5.16. The number of rotatable bonds is 4. The number of benzene rings is 5. The standard InChI is InChI=1S/C41H35N3S/c1-40(2)21-22-41(3,4)34-24-29(18-20-33(34)40)38-42-37(28-14-10-13-27(23-28)26-11-6-5-7-12-26)43-39(44-38)30-17-19-32-31-15-8-9-16-35(31)45-36(32)25-30/h5-20,23-25H,21-22H2,1-4H3. The molecular formula is C41H35N3S. The molecule has 2 heterocycles. The Balaban J connectivity index is 1.32. The summed E-state index contributed by atoms with van der Waals surface area (Å²) in [5.74, 6) is 2.08. The van der Waals surface area contributed by atoms with Crippen LogP contribution in [-0.2, 0) is 10.8 Å². The van der Waals surface area contributed by atoms with Gasteiger partial charge in [0.15, 0.2) is 17.5 Å². The molecule has 0 radical (unpaired) electrons. The molecule has 0 N–H and O–H groups in total. The third-order valence-corrected chi connectivity index (χ3v) is 10.7. The molecule has 1 aliphatic carbocycles. The van der Waals surface area contributed by atoms with E-state index >= 15 is 0 Å². The molecule has 2 aromatic heterocycles. The minimum atomic E-state index is 0.0930. The topological polar surface area (TPSA) is 38.7 Å². The van der Waals surface area contributed by atoms with Gasteiger partial charge in [-0.1, -0.05) is 119 Å². The van der Waals surface area contributed by atoms with E-state index in [4.69, 9.17) is 15.0 Å². The Hall–Kier alpha value is -4.67. The van der Waals surface area contributed by atoms with E-state index in [2.05, 4.69) is 137 Å². The average Bonchev–Trinajstić information content (AvgIpc) is 3.45. The first-order chi connectivity index (χ1) is 21.7. The minimum absolute atomic E-state index is 0.0930. The zero-order chi connectivity index (χ0) is 30.8. The quantitative estimate of drug-likeness (QED) is 0.201. The maximum Gasteiger partial charge on any atom is 0.164 e. The van der Waals surface area contributed by atoms with E-state index in [1.807, 2.05) is 17.4 Å². The highest BCUT2D eigenvalue weighted by atomic mass is 32.1. The fraction of sp³-hybridized carbons (Fsp3) is 0.195. The first kappa shape index (κ1) is 27.8. The maximum atomic E-state index is 5.16. The van der Waals surface area contributed by atoms with Gasteiger partial charge in [-0.2, -0.15) is 0 Å². The summed E-state index contributed by atoms with van der Waals surface area (Å²) < 4.78 is 2.53. The van der Waals surface area contributed by atoms with Crippen molar-refractivity contribution in [3.8, 4) is 45.3 Å². The van der Waals surface area contributed by atoms with Crippen LogP contribution in [0, 0.1) is 0 Å². The Labute approximate surface area is 268 Å². The summed E-state index contributed by atoms with van der Waals surface area (Å²) in [7, 11) is 0. The van der Waals surface area contributed by atoms with E-state index in [1.165, 1.54) is 43.3 Å². The number of thiophene rings is 1. The highest BCUT2D eigenvalue weighted by Gasteiger charge is 2.37. The van der Waals surface area contributed by atoms with Crippen molar-refractivity contribution in [1.82, 2.24) is 15.0 Å². The molecule has 45 heavy (non-hydrogen) atoms. The molecule has 0 bridgehead atoms. The van der Waals surface area contributed by atoms with Gasteiger partial charge in [0.1, 0.15) is 0 Å². The minimum Gasteiger partial charge on any atom is -0.208 e. The van der Waals surface area contributed by atoms with Crippen LogP contribution in [0.1, 0.15) is 51.7 Å². The molecule has 0 aliphatic heterocycles. The molecular weight excluding hydrogens is 567 g/mol. The number of hydrogen-bond acceptors (Lipinski definition) is 4.